The van der Waals surface area contributed by atoms with Gasteiger partial charge in [0.2, 0.25) is 16.8 Å². The van der Waals surface area contributed by atoms with E-state index in [1.54, 1.807) is 12.1 Å². The largest absolute Gasteiger partial charge is 0.454 e. The van der Waals surface area contributed by atoms with Crippen molar-refractivity contribution in [3.63, 3.8) is 0 Å². The summed E-state index contributed by atoms with van der Waals surface area (Å²) in [6.45, 7) is 1.82. The van der Waals surface area contributed by atoms with Crippen LogP contribution in [0.1, 0.15) is 24.8 Å². The minimum atomic E-state index is -3.15. The molecule has 0 amide bonds. The Morgan fingerprint density at radius 2 is 1.97 bits per heavy atom. The molecule has 13 heteroatoms. The van der Waals surface area contributed by atoms with Crippen LogP contribution in [-0.4, -0.2) is 58.4 Å². The van der Waals surface area contributed by atoms with Gasteiger partial charge in [0.15, 0.2) is 33.6 Å². The fourth-order valence-electron chi connectivity index (χ4n) is 4.25. The normalized spacial score (nSPS) is 16.7. The number of nitrogens with zero attached hydrogens (tertiary/aromatic N) is 6. The molecule has 0 saturated carbocycles. The highest BCUT2D eigenvalue weighted by Gasteiger charge is 2.26. The molecule has 2 aliphatic rings. The molecule has 1 saturated heterocycles. The molecular formula is C21H23N7O4S2. The minimum absolute atomic E-state index is 0.122. The van der Waals surface area contributed by atoms with Crippen LogP contribution in [0.2, 0.25) is 0 Å². The SMILES string of the molecule is CS(=O)(=O)N1CCC(CCn2c(Sc3cc4c(cc3C#N)OCO4)nc3c(N)ncnc32)CC1. The van der Waals surface area contributed by atoms with Crippen LogP contribution in [0.25, 0.3) is 11.2 Å². The summed E-state index contributed by atoms with van der Waals surface area (Å²) in [5, 5.41) is 10.3. The van der Waals surface area contributed by atoms with Crippen molar-refractivity contribution in [1.29, 1.82) is 5.26 Å². The number of nitriles is 1. The number of sulfonamides is 1. The second kappa shape index (κ2) is 8.94. The summed E-state index contributed by atoms with van der Waals surface area (Å²) >= 11 is 1.34. The highest BCUT2D eigenvalue weighted by Crippen LogP contribution is 2.41. The van der Waals surface area contributed by atoms with Gasteiger partial charge in [-0.3, -0.25) is 0 Å². The number of fused-ring (bicyclic) bond motifs is 2. The Morgan fingerprint density at radius 1 is 1.24 bits per heavy atom. The topological polar surface area (TPSA) is 149 Å². The van der Waals surface area contributed by atoms with Crippen molar-refractivity contribution in [3.8, 4) is 17.6 Å². The molecule has 0 bridgehead atoms. The Morgan fingerprint density at radius 3 is 2.68 bits per heavy atom. The van der Waals surface area contributed by atoms with E-state index in [-0.39, 0.29) is 6.79 Å². The zero-order valence-corrected chi connectivity index (χ0v) is 20.1. The number of hydrogen-bond donors (Lipinski definition) is 1. The van der Waals surface area contributed by atoms with E-state index in [2.05, 4.69) is 16.0 Å². The summed E-state index contributed by atoms with van der Waals surface area (Å²) in [7, 11) is -3.15. The lowest BCUT2D eigenvalue weighted by molar-refractivity contribution is 0.174. The average molecular weight is 502 g/mol. The van der Waals surface area contributed by atoms with Crippen molar-refractivity contribution >= 4 is 38.8 Å². The Hall–Kier alpha value is -3.08. The van der Waals surface area contributed by atoms with E-state index in [1.807, 2.05) is 4.57 Å². The van der Waals surface area contributed by atoms with Crippen molar-refractivity contribution in [1.82, 2.24) is 23.8 Å². The number of nitrogens with two attached hydrogens (primary N) is 1. The van der Waals surface area contributed by atoms with E-state index in [0.29, 0.717) is 69.6 Å². The number of nitrogen functional groups attached to an aromatic ring is 1. The average Bonchev–Trinajstić information content (AvgIpc) is 3.41. The highest BCUT2D eigenvalue weighted by atomic mass is 32.2. The van der Waals surface area contributed by atoms with Crippen molar-refractivity contribution in [2.75, 3.05) is 31.9 Å². The van der Waals surface area contributed by atoms with Gasteiger partial charge in [0.1, 0.15) is 12.4 Å². The lowest BCUT2D eigenvalue weighted by Gasteiger charge is -2.30. The fraction of sp³-hybridized carbons (Fsp3) is 0.429. The molecular weight excluding hydrogens is 478 g/mol. The van der Waals surface area contributed by atoms with Crippen LogP contribution in [-0.2, 0) is 16.6 Å². The Bertz CT molecular complexity index is 1390. The summed E-state index contributed by atoms with van der Waals surface area (Å²) < 4.78 is 38.0. The zero-order chi connectivity index (χ0) is 23.9. The third-order valence-electron chi connectivity index (χ3n) is 6.13. The molecule has 178 valence electrons. The first-order valence-electron chi connectivity index (χ1n) is 10.8. The number of piperidine rings is 1. The summed E-state index contributed by atoms with van der Waals surface area (Å²) in [6, 6.07) is 5.66. The molecule has 34 heavy (non-hydrogen) atoms. The van der Waals surface area contributed by atoms with Gasteiger partial charge in [0.05, 0.1) is 11.8 Å². The zero-order valence-electron chi connectivity index (χ0n) is 18.5. The van der Waals surface area contributed by atoms with Crippen LogP contribution in [0.15, 0.2) is 28.5 Å². The van der Waals surface area contributed by atoms with Gasteiger partial charge in [-0.25, -0.2) is 27.7 Å². The van der Waals surface area contributed by atoms with E-state index < -0.39 is 10.0 Å². The number of aryl methyl sites for hydroxylation is 1. The Kier molecular flexibility index (Phi) is 5.97. The number of hydrogen-bond acceptors (Lipinski definition) is 10. The van der Waals surface area contributed by atoms with Crippen LogP contribution in [0.4, 0.5) is 5.82 Å². The summed E-state index contributed by atoms with van der Waals surface area (Å²) in [5.41, 5.74) is 7.67. The summed E-state index contributed by atoms with van der Waals surface area (Å²) in [4.78, 5) is 13.9. The molecule has 2 aromatic heterocycles. The molecule has 0 radical (unpaired) electrons. The molecule has 2 N–H and O–H groups in total. The first kappa shape index (κ1) is 22.7. The lowest BCUT2D eigenvalue weighted by atomic mass is 9.95. The molecule has 5 rings (SSSR count). The molecule has 0 unspecified atom stereocenters. The molecule has 1 fully saturated rings. The van der Waals surface area contributed by atoms with Crippen molar-refractivity contribution in [3.05, 3.63) is 24.0 Å². The number of imidazole rings is 1. The first-order valence-corrected chi connectivity index (χ1v) is 13.4. The molecule has 2 aliphatic heterocycles. The maximum Gasteiger partial charge on any atom is 0.231 e. The summed E-state index contributed by atoms with van der Waals surface area (Å²) in [6.07, 6.45) is 5.12. The second-order valence-electron chi connectivity index (χ2n) is 8.29. The van der Waals surface area contributed by atoms with Crippen LogP contribution >= 0.6 is 11.8 Å². The van der Waals surface area contributed by atoms with E-state index in [4.69, 9.17) is 20.2 Å². The van der Waals surface area contributed by atoms with Crippen LogP contribution in [0.3, 0.4) is 0 Å². The Labute approximate surface area is 200 Å². The maximum absolute atomic E-state index is 11.8. The molecule has 3 aromatic rings. The van der Waals surface area contributed by atoms with Crippen molar-refractivity contribution < 1.29 is 17.9 Å². The van der Waals surface area contributed by atoms with Gasteiger partial charge in [-0.05, 0) is 31.2 Å². The lowest BCUT2D eigenvalue weighted by Crippen LogP contribution is -2.37. The third-order valence-corrected chi connectivity index (χ3v) is 8.48. The standard InChI is InChI=1S/C21H23N7O4S2/c1-34(29,30)27-5-2-13(3-6-27)4-7-28-20-18(19(23)24-11-25-20)26-21(28)33-17-9-16-15(31-12-32-16)8-14(17)10-22/h8-9,11,13H,2-7,12H2,1H3,(H2,23,24,25). The maximum atomic E-state index is 11.8. The van der Waals surface area contributed by atoms with Crippen LogP contribution in [0.5, 0.6) is 11.5 Å². The number of aromatic nitrogens is 4. The molecule has 11 nitrogen and oxygen atoms in total. The number of anilines is 1. The number of benzene rings is 1. The van der Waals surface area contributed by atoms with E-state index >= 15 is 0 Å². The van der Waals surface area contributed by atoms with Crippen molar-refractivity contribution in [2.45, 2.75) is 35.9 Å². The van der Waals surface area contributed by atoms with Gasteiger partial charge in [-0.1, -0.05) is 11.8 Å². The van der Waals surface area contributed by atoms with Gasteiger partial charge in [0, 0.05) is 30.6 Å². The molecule has 4 heterocycles. The second-order valence-corrected chi connectivity index (χ2v) is 11.3. The molecule has 0 spiro atoms. The number of ether oxygens (including phenoxy) is 2. The van der Waals surface area contributed by atoms with Gasteiger partial charge in [-0.2, -0.15) is 5.26 Å². The minimum Gasteiger partial charge on any atom is -0.454 e. The van der Waals surface area contributed by atoms with Crippen LogP contribution < -0.4 is 15.2 Å². The Balaban J connectivity index is 1.41. The molecule has 0 aliphatic carbocycles. The van der Waals surface area contributed by atoms with Gasteiger partial charge < -0.3 is 19.8 Å². The van der Waals surface area contributed by atoms with E-state index in [9.17, 15) is 13.7 Å². The van der Waals surface area contributed by atoms with E-state index in [1.165, 1.54) is 28.7 Å². The number of rotatable bonds is 6. The smallest absolute Gasteiger partial charge is 0.231 e. The third kappa shape index (κ3) is 4.36. The fourth-order valence-corrected chi connectivity index (χ4v) is 6.12. The van der Waals surface area contributed by atoms with Gasteiger partial charge in [0.25, 0.3) is 0 Å². The molecule has 0 atom stereocenters. The van der Waals surface area contributed by atoms with Crippen molar-refractivity contribution in [2.24, 2.45) is 5.92 Å². The highest BCUT2D eigenvalue weighted by molar-refractivity contribution is 7.99. The first-order chi connectivity index (χ1) is 16.3. The van der Waals surface area contributed by atoms with E-state index in [0.717, 1.165) is 19.3 Å². The molecule has 1 aromatic carbocycles. The van der Waals surface area contributed by atoms with Gasteiger partial charge >= 0.3 is 0 Å². The quantitative estimate of drug-likeness (QED) is 0.532. The predicted octanol–water partition coefficient (Wildman–Crippen LogP) is 2.22. The summed E-state index contributed by atoms with van der Waals surface area (Å²) in [5.74, 6) is 1.80. The predicted molar refractivity (Wildman–Crippen MR) is 125 cm³/mol. The van der Waals surface area contributed by atoms with Crippen LogP contribution in [0, 0.1) is 17.2 Å². The monoisotopic (exact) mass is 501 g/mol. The van der Waals surface area contributed by atoms with Gasteiger partial charge in [-0.15, -0.1) is 0 Å².